The number of hydrogen-bond donors (Lipinski definition) is 5. The summed E-state index contributed by atoms with van der Waals surface area (Å²) in [6.07, 6.45) is 2.66. The van der Waals surface area contributed by atoms with E-state index in [9.17, 15) is 20.1 Å². The number of fused-ring (bicyclic) bond motifs is 2. The van der Waals surface area contributed by atoms with E-state index in [0.29, 0.717) is 50.6 Å². The summed E-state index contributed by atoms with van der Waals surface area (Å²) in [5.41, 5.74) is 1.87. The van der Waals surface area contributed by atoms with Crippen LogP contribution in [0.15, 0.2) is 36.4 Å². The molecule has 0 spiro atoms. The zero-order chi connectivity index (χ0) is 24.4. The van der Waals surface area contributed by atoms with E-state index >= 15 is 0 Å². The second-order valence-electron chi connectivity index (χ2n) is 10.6. The Bertz CT molecular complexity index is 1270. The highest BCUT2D eigenvalue weighted by atomic mass is 16.3. The second kappa shape index (κ2) is 8.05. The van der Waals surface area contributed by atoms with Crippen LogP contribution in [0.2, 0.25) is 0 Å². The molecule has 3 aromatic rings. The molecule has 1 aliphatic heterocycles. The average Bonchev–Trinajstić information content (AvgIpc) is 3.24. The lowest BCUT2D eigenvalue weighted by Gasteiger charge is -2.63. The van der Waals surface area contributed by atoms with Gasteiger partial charge in [-0.15, -0.1) is 0 Å². The molecule has 35 heavy (non-hydrogen) atoms. The van der Waals surface area contributed by atoms with Crippen LogP contribution in [0.1, 0.15) is 53.0 Å². The number of hydrogen-bond acceptors (Lipinski definition) is 6. The first-order chi connectivity index (χ1) is 16.8. The monoisotopic (exact) mass is 476 g/mol. The van der Waals surface area contributed by atoms with Crippen LogP contribution in [0.3, 0.4) is 0 Å². The van der Waals surface area contributed by atoms with Crippen molar-refractivity contribution < 1.29 is 20.1 Å². The predicted octanol–water partition coefficient (Wildman–Crippen LogP) is 2.01. The maximum Gasteiger partial charge on any atom is 0.255 e. The number of aliphatic hydroxyl groups is 2. The molecular formula is C27H32N4O4. The summed E-state index contributed by atoms with van der Waals surface area (Å²) in [6.45, 7) is 1.14. The number of H-pyrrole nitrogens is 1. The smallest absolute Gasteiger partial charge is 0.255 e. The number of phenolic OH excluding ortho intramolecular Hbond substituents is 1. The van der Waals surface area contributed by atoms with Crippen molar-refractivity contribution in [1.29, 1.82) is 0 Å². The second-order valence-corrected chi connectivity index (χ2v) is 10.6. The summed E-state index contributed by atoms with van der Waals surface area (Å²) in [6, 6.07) is 11.3. The number of aliphatic hydroxyl groups excluding tert-OH is 1. The van der Waals surface area contributed by atoms with E-state index in [1.807, 2.05) is 37.4 Å². The van der Waals surface area contributed by atoms with Crippen molar-refractivity contribution in [2.24, 2.45) is 0 Å². The Labute approximate surface area is 204 Å². The highest BCUT2D eigenvalue weighted by Crippen LogP contribution is 2.60. The number of piperidine rings is 1. The number of rotatable bonds is 4. The van der Waals surface area contributed by atoms with Gasteiger partial charge in [-0.25, -0.2) is 4.98 Å². The van der Waals surface area contributed by atoms with Gasteiger partial charge in [0.2, 0.25) is 0 Å². The van der Waals surface area contributed by atoms with Crippen LogP contribution in [-0.2, 0) is 18.3 Å². The quantitative estimate of drug-likeness (QED) is 0.393. The molecular weight excluding hydrogens is 444 g/mol. The number of carbonyl (C=O) groups excluding carboxylic acids is 1. The predicted molar refractivity (Wildman–Crippen MR) is 131 cm³/mol. The Balaban J connectivity index is 1.28. The molecule has 8 nitrogen and oxygen atoms in total. The van der Waals surface area contributed by atoms with Gasteiger partial charge in [0.05, 0.1) is 28.3 Å². The minimum atomic E-state index is -1.04. The molecule has 6 rings (SSSR count). The molecule has 2 heterocycles. The van der Waals surface area contributed by atoms with E-state index < -0.39 is 17.1 Å². The summed E-state index contributed by atoms with van der Waals surface area (Å²) >= 11 is 0. The minimum Gasteiger partial charge on any atom is -0.507 e. The summed E-state index contributed by atoms with van der Waals surface area (Å²) in [7, 11) is 2.03. The maximum absolute atomic E-state index is 13.1. The van der Waals surface area contributed by atoms with Crippen molar-refractivity contribution >= 4 is 16.9 Å². The lowest BCUT2D eigenvalue weighted by Crippen LogP contribution is -2.72. The largest absolute Gasteiger partial charge is 0.507 e. The molecule has 2 fully saturated rings. The SMILES string of the molecule is CN1CC[C@]23CC(O)CC[C@@]2(O)[C@H]1Cc1ccc(C(=O)NCCc2nc4ccccc4[nH]2)c(O)c13. The number of phenols is 1. The molecule has 1 unspecified atom stereocenters. The number of aromatic nitrogens is 2. The van der Waals surface area contributed by atoms with E-state index in [1.54, 1.807) is 6.07 Å². The third kappa shape index (κ3) is 3.31. The molecule has 5 N–H and O–H groups in total. The Morgan fingerprint density at radius 1 is 1.26 bits per heavy atom. The van der Waals surface area contributed by atoms with Crippen LogP contribution < -0.4 is 5.32 Å². The number of likely N-dealkylation sites (N-methyl/N-ethyl adjacent to an activating group) is 1. The van der Waals surface area contributed by atoms with Crippen LogP contribution in [0.25, 0.3) is 11.0 Å². The molecule has 1 saturated heterocycles. The third-order valence-electron chi connectivity index (χ3n) is 8.73. The number of aromatic hydroxyl groups is 1. The van der Waals surface area contributed by atoms with Gasteiger partial charge >= 0.3 is 0 Å². The van der Waals surface area contributed by atoms with E-state index in [4.69, 9.17) is 0 Å². The van der Waals surface area contributed by atoms with Crippen molar-refractivity contribution in [1.82, 2.24) is 20.2 Å². The van der Waals surface area contributed by atoms with Gasteiger partial charge in [0.15, 0.2) is 0 Å². The van der Waals surface area contributed by atoms with E-state index in [-0.39, 0.29) is 23.3 Å². The number of benzene rings is 2. The van der Waals surface area contributed by atoms with Gasteiger partial charge in [0, 0.05) is 30.0 Å². The molecule has 2 aromatic carbocycles. The van der Waals surface area contributed by atoms with E-state index in [0.717, 1.165) is 29.0 Å². The molecule has 1 amide bonds. The zero-order valence-corrected chi connectivity index (χ0v) is 19.9. The topological polar surface area (TPSA) is 122 Å². The fraction of sp³-hybridized carbons (Fsp3) is 0.481. The van der Waals surface area contributed by atoms with Gasteiger partial charge in [-0.1, -0.05) is 18.2 Å². The summed E-state index contributed by atoms with van der Waals surface area (Å²) in [5.74, 6) is 0.380. The number of nitrogens with zero attached hydrogens (tertiary/aromatic N) is 2. The van der Waals surface area contributed by atoms with Gasteiger partial charge in [-0.3, -0.25) is 4.79 Å². The lowest BCUT2D eigenvalue weighted by atomic mass is 9.49. The Morgan fingerprint density at radius 3 is 2.91 bits per heavy atom. The van der Waals surface area contributed by atoms with Crippen LogP contribution in [0.4, 0.5) is 0 Å². The lowest BCUT2D eigenvalue weighted by molar-refractivity contribution is -0.177. The van der Waals surface area contributed by atoms with Crippen molar-refractivity contribution in [3.63, 3.8) is 0 Å². The molecule has 8 heteroatoms. The van der Waals surface area contributed by atoms with E-state index in [1.165, 1.54) is 0 Å². The molecule has 2 aliphatic carbocycles. The Morgan fingerprint density at radius 2 is 2.09 bits per heavy atom. The van der Waals surface area contributed by atoms with Crippen molar-refractivity contribution in [3.8, 4) is 5.75 Å². The molecule has 1 aromatic heterocycles. The number of aromatic amines is 1. The number of amides is 1. The molecule has 184 valence electrons. The minimum absolute atomic E-state index is 0.0562. The number of para-hydroxylation sites is 2. The highest BCUT2D eigenvalue weighted by Gasteiger charge is 2.65. The van der Waals surface area contributed by atoms with Gasteiger partial charge in [-0.2, -0.15) is 0 Å². The van der Waals surface area contributed by atoms with Gasteiger partial charge in [0.1, 0.15) is 11.6 Å². The number of carbonyl (C=O) groups is 1. The van der Waals surface area contributed by atoms with Crippen molar-refractivity contribution in [2.45, 2.75) is 61.7 Å². The van der Waals surface area contributed by atoms with Gasteiger partial charge in [-0.05, 0) is 69.5 Å². The maximum atomic E-state index is 13.1. The first-order valence-corrected chi connectivity index (χ1v) is 12.5. The summed E-state index contributed by atoms with van der Waals surface area (Å²) in [5, 5.41) is 37.0. The molecule has 0 radical (unpaired) electrons. The van der Waals surface area contributed by atoms with Crippen LogP contribution in [-0.4, -0.2) is 74.0 Å². The van der Waals surface area contributed by atoms with Crippen LogP contribution in [0.5, 0.6) is 5.75 Å². The summed E-state index contributed by atoms with van der Waals surface area (Å²) < 4.78 is 0. The van der Waals surface area contributed by atoms with Crippen molar-refractivity contribution in [3.05, 3.63) is 58.9 Å². The molecule has 4 atom stereocenters. The first kappa shape index (κ1) is 22.5. The standard InChI is InChI=1S/C27H32N4O4/c1-31-13-11-26-15-17(32)8-10-27(26,35)21(31)14-16-6-7-18(24(33)23(16)26)25(34)28-12-9-22-29-19-4-2-3-5-20(19)30-22/h2-7,17,21,32-33,35H,8-15H2,1H3,(H,28,34)(H,29,30)/t17?,21-,26-,27-/m1/s1. The molecule has 1 saturated carbocycles. The van der Waals surface area contributed by atoms with Crippen molar-refractivity contribution in [2.75, 3.05) is 20.1 Å². The fourth-order valence-corrected chi connectivity index (χ4v) is 7.01. The average molecular weight is 477 g/mol. The molecule has 2 bridgehead atoms. The molecule has 3 aliphatic rings. The van der Waals surface area contributed by atoms with Gasteiger partial charge < -0.3 is 30.5 Å². The number of imidazole rings is 1. The Hall–Kier alpha value is -2.94. The number of likely N-dealkylation sites (tertiary alicyclic amines) is 1. The van der Waals surface area contributed by atoms with Crippen LogP contribution in [0, 0.1) is 0 Å². The fourth-order valence-electron chi connectivity index (χ4n) is 7.01. The normalized spacial score (nSPS) is 30.0. The first-order valence-electron chi connectivity index (χ1n) is 12.5. The number of nitrogens with one attached hydrogen (secondary N) is 2. The van der Waals surface area contributed by atoms with Gasteiger partial charge in [0.25, 0.3) is 5.91 Å². The third-order valence-corrected chi connectivity index (χ3v) is 8.73. The zero-order valence-electron chi connectivity index (χ0n) is 19.9. The van der Waals surface area contributed by atoms with E-state index in [2.05, 4.69) is 20.2 Å². The Kier molecular flexibility index (Phi) is 5.18. The highest BCUT2D eigenvalue weighted by molar-refractivity contribution is 5.97. The summed E-state index contributed by atoms with van der Waals surface area (Å²) in [4.78, 5) is 23.1. The van der Waals surface area contributed by atoms with Crippen LogP contribution >= 0.6 is 0 Å².